The maximum absolute atomic E-state index is 12.3. The average molecular weight is 358 g/mol. The second kappa shape index (κ2) is 5.73. The molecule has 0 amide bonds. The number of pyridine rings is 2. The molecule has 0 atom stereocenters. The minimum atomic E-state index is -3.82. The van der Waals surface area contributed by atoms with Gasteiger partial charge in [-0.3, -0.25) is 15.5 Å². The molecule has 0 aliphatic rings. The summed E-state index contributed by atoms with van der Waals surface area (Å²) < 4.78 is 27.8. The molecule has 9 heteroatoms. The van der Waals surface area contributed by atoms with E-state index < -0.39 is 10.0 Å². The largest absolute Gasteiger partial charge is 0.323 e. The van der Waals surface area contributed by atoms with E-state index in [0.717, 1.165) is 4.47 Å². The highest BCUT2D eigenvalue weighted by molar-refractivity contribution is 9.10. The summed E-state index contributed by atoms with van der Waals surface area (Å²) in [6, 6.07) is 3.23. The van der Waals surface area contributed by atoms with Gasteiger partial charge in [0.15, 0.2) is 0 Å². The fourth-order valence-corrected chi connectivity index (χ4v) is 3.18. The maximum Gasteiger partial charge on any atom is 0.266 e. The molecular weight excluding hydrogens is 346 g/mol. The topological polar surface area (TPSA) is 110 Å². The van der Waals surface area contributed by atoms with Gasteiger partial charge in [0.25, 0.3) is 10.0 Å². The Hall–Kier alpha value is -1.71. The van der Waals surface area contributed by atoms with E-state index in [1.165, 1.54) is 24.7 Å². The quantitative estimate of drug-likeness (QED) is 0.566. The Bertz CT molecular complexity index is 735. The molecule has 0 saturated heterocycles. The monoisotopic (exact) mass is 357 g/mol. The zero-order chi connectivity index (χ0) is 14.8. The highest BCUT2D eigenvalue weighted by atomic mass is 79.9. The van der Waals surface area contributed by atoms with E-state index in [0.29, 0.717) is 5.56 Å². The standard InChI is InChI=1S/C11H12BrN5O2S/c1-7-4-8(12)5-15-11(7)17-20(18,19)10-6-14-3-2-9(10)16-13/h2-6H,13H2,1H3,(H,14,16)(H,15,17). The van der Waals surface area contributed by atoms with Crippen LogP contribution in [-0.4, -0.2) is 18.4 Å². The lowest BCUT2D eigenvalue weighted by atomic mass is 10.3. The summed E-state index contributed by atoms with van der Waals surface area (Å²) in [7, 11) is -3.82. The number of halogens is 1. The summed E-state index contributed by atoms with van der Waals surface area (Å²) in [5, 5.41) is 0. The molecule has 106 valence electrons. The Kier molecular flexibility index (Phi) is 4.21. The maximum atomic E-state index is 12.3. The molecule has 0 aliphatic heterocycles. The molecule has 0 fully saturated rings. The first-order valence-electron chi connectivity index (χ1n) is 5.49. The Morgan fingerprint density at radius 2 is 2.10 bits per heavy atom. The van der Waals surface area contributed by atoms with Crippen molar-refractivity contribution in [2.45, 2.75) is 11.8 Å². The number of aryl methyl sites for hydroxylation is 1. The second-order valence-corrected chi connectivity index (χ2v) is 6.51. The Morgan fingerprint density at radius 3 is 2.75 bits per heavy atom. The summed E-state index contributed by atoms with van der Waals surface area (Å²) in [6.45, 7) is 1.75. The minimum absolute atomic E-state index is 0.0494. The SMILES string of the molecule is Cc1cc(Br)cnc1NS(=O)(=O)c1cnccc1NN. The lowest BCUT2D eigenvalue weighted by molar-refractivity contribution is 0.601. The van der Waals surface area contributed by atoms with E-state index in [4.69, 9.17) is 5.84 Å². The van der Waals surface area contributed by atoms with E-state index in [1.807, 2.05) is 0 Å². The van der Waals surface area contributed by atoms with E-state index in [9.17, 15) is 8.42 Å². The van der Waals surface area contributed by atoms with E-state index >= 15 is 0 Å². The smallest absolute Gasteiger partial charge is 0.266 e. The molecule has 4 N–H and O–H groups in total. The van der Waals surface area contributed by atoms with Gasteiger partial charge < -0.3 is 5.43 Å². The summed E-state index contributed by atoms with van der Waals surface area (Å²) in [6.07, 6.45) is 4.17. The number of nitrogens with zero attached hydrogens (tertiary/aromatic N) is 2. The first kappa shape index (κ1) is 14.7. The van der Waals surface area contributed by atoms with Crippen LogP contribution in [0.1, 0.15) is 5.56 Å². The highest BCUT2D eigenvalue weighted by Gasteiger charge is 2.20. The van der Waals surface area contributed by atoms with Crippen LogP contribution in [0.15, 0.2) is 40.1 Å². The van der Waals surface area contributed by atoms with Crippen molar-refractivity contribution >= 4 is 37.5 Å². The predicted molar refractivity (Wildman–Crippen MR) is 79.5 cm³/mol. The lowest BCUT2D eigenvalue weighted by Gasteiger charge is -2.12. The first-order chi connectivity index (χ1) is 9.44. The third-order valence-corrected chi connectivity index (χ3v) is 4.31. The Labute approximate surface area is 124 Å². The summed E-state index contributed by atoms with van der Waals surface area (Å²) in [5.41, 5.74) is 3.27. The Morgan fingerprint density at radius 1 is 1.35 bits per heavy atom. The highest BCUT2D eigenvalue weighted by Crippen LogP contribution is 2.23. The van der Waals surface area contributed by atoms with Crippen LogP contribution in [0.4, 0.5) is 11.5 Å². The van der Waals surface area contributed by atoms with Gasteiger partial charge in [0.2, 0.25) is 0 Å². The number of aromatic nitrogens is 2. The molecule has 2 aromatic heterocycles. The molecule has 0 spiro atoms. The lowest BCUT2D eigenvalue weighted by Crippen LogP contribution is -2.18. The van der Waals surface area contributed by atoms with Gasteiger partial charge in [0.1, 0.15) is 10.7 Å². The van der Waals surface area contributed by atoms with Gasteiger partial charge in [0.05, 0.1) is 5.69 Å². The average Bonchev–Trinajstić information content (AvgIpc) is 2.42. The van der Waals surface area contributed by atoms with Crippen LogP contribution >= 0.6 is 15.9 Å². The van der Waals surface area contributed by atoms with Gasteiger partial charge in [0, 0.05) is 23.1 Å². The Balaban J connectivity index is 2.41. The summed E-state index contributed by atoms with van der Waals surface area (Å²) in [5.74, 6) is 5.55. The molecule has 0 unspecified atom stereocenters. The van der Waals surface area contributed by atoms with Crippen molar-refractivity contribution in [2.24, 2.45) is 5.84 Å². The van der Waals surface area contributed by atoms with Gasteiger partial charge in [-0.2, -0.15) is 0 Å². The van der Waals surface area contributed by atoms with E-state index in [2.05, 4.69) is 36.0 Å². The van der Waals surface area contributed by atoms with Crippen molar-refractivity contribution in [3.63, 3.8) is 0 Å². The van der Waals surface area contributed by atoms with Gasteiger partial charge in [-0.05, 0) is 40.5 Å². The summed E-state index contributed by atoms with van der Waals surface area (Å²) >= 11 is 3.27. The molecule has 2 rings (SSSR count). The summed E-state index contributed by atoms with van der Waals surface area (Å²) in [4.78, 5) is 7.78. The minimum Gasteiger partial charge on any atom is -0.323 e. The zero-order valence-corrected chi connectivity index (χ0v) is 12.9. The third-order valence-electron chi connectivity index (χ3n) is 2.51. The van der Waals surface area contributed by atoms with Crippen molar-refractivity contribution in [3.8, 4) is 0 Å². The van der Waals surface area contributed by atoms with Crippen molar-refractivity contribution in [1.82, 2.24) is 9.97 Å². The predicted octanol–water partition coefficient (Wildman–Crippen LogP) is 1.63. The van der Waals surface area contributed by atoms with Crippen LogP contribution in [-0.2, 0) is 10.0 Å². The van der Waals surface area contributed by atoms with Crippen LogP contribution in [0.5, 0.6) is 0 Å². The molecule has 0 saturated carbocycles. The van der Waals surface area contributed by atoms with E-state index in [-0.39, 0.29) is 16.4 Å². The number of sulfonamides is 1. The number of nitrogens with one attached hydrogen (secondary N) is 2. The molecule has 2 heterocycles. The van der Waals surface area contributed by atoms with Crippen LogP contribution in [0.25, 0.3) is 0 Å². The number of nitrogens with two attached hydrogens (primary N) is 1. The van der Waals surface area contributed by atoms with E-state index in [1.54, 1.807) is 13.0 Å². The van der Waals surface area contributed by atoms with Crippen LogP contribution in [0, 0.1) is 6.92 Å². The normalized spacial score (nSPS) is 11.2. The van der Waals surface area contributed by atoms with Gasteiger partial charge in [-0.15, -0.1) is 0 Å². The number of anilines is 2. The van der Waals surface area contributed by atoms with Gasteiger partial charge >= 0.3 is 0 Å². The van der Waals surface area contributed by atoms with Crippen LogP contribution < -0.4 is 16.0 Å². The molecule has 0 aliphatic carbocycles. The molecule has 20 heavy (non-hydrogen) atoms. The molecule has 7 nitrogen and oxygen atoms in total. The molecular formula is C11H12BrN5O2S. The second-order valence-electron chi connectivity index (χ2n) is 3.94. The van der Waals surface area contributed by atoms with Crippen molar-refractivity contribution < 1.29 is 8.42 Å². The molecule has 0 radical (unpaired) electrons. The first-order valence-corrected chi connectivity index (χ1v) is 7.77. The fraction of sp³-hybridized carbons (Fsp3) is 0.0909. The van der Waals surface area contributed by atoms with Crippen molar-refractivity contribution in [2.75, 3.05) is 10.1 Å². The van der Waals surface area contributed by atoms with Crippen LogP contribution in [0.2, 0.25) is 0 Å². The van der Waals surface area contributed by atoms with Gasteiger partial charge in [-0.25, -0.2) is 13.4 Å². The molecule has 0 aromatic carbocycles. The molecule has 0 bridgehead atoms. The number of hydrazine groups is 1. The number of hydrogen-bond acceptors (Lipinski definition) is 6. The van der Waals surface area contributed by atoms with Gasteiger partial charge in [-0.1, -0.05) is 0 Å². The number of nitrogen functional groups attached to an aromatic ring is 1. The fourth-order valence-electron chi connectivity index (χ4n) is 1.54. The van der Waals surface area contributed by atoms with Crippen LogP contribution in [0.3, 0.4) is 0 Å². The van der Waals surface area contributed by atoms with Crippen molar-refractivity contribution in [1.29, 1.82) is 0 Å². The third kappa shape index (κ3) is 3.06. The molecule has 2 aromatic rings. The zero-order valence-electron chi connectivity index (χ0n) is 10.5. The van der Waals surface area contributed by atoms with Crippen molar-refractivity contribution in [3.05, 3.63) is 40.8 Å². The number of hydrogen-bond donors (Lipinski definition) is 3. The number of rotatable bonds is 4.